The van der Waals surface area contributed by atoms with Crippen LogP contribution in [0, 0.1) is 22.7 Å². The van der Waals surface area contributed by atoms with Gasteiger partial charge in [-0.2, -0.15) is 59.2 Å². The minimum absolute atomic E-state index is 0. The molecule has 6 heterocycles. The highest BCUT2D eigenvalue weighted by Crippen LogP contribution is 2.42. The molecule has 1 aromatic carbocycles. The van der Waals surface area contributed by atoms with Crippen molar-refractivity contribution in [2.75, 3.05) is 40.4 Å². The Morgan fingerprint density at radius 2 is 1.86 bits per heavy atom. The number of carbonyl (C=O) groups excluding carboxylic acids is 4. The number of hydrogen-bond donors (Lipinski definition) is 3. The summed E-state index contributed by atoms with van der Waals surface area (Å²) in [5.74, 6) is -1.76. The number of carbonyl (C=O) groups is 4. The van der Waals surface area contributed by atoms with Crippen LogP contribution in [0.5, 0.6) is 0 Å². The SMILES string of the molecule is CCn1c(-c2cccnc2[C@H](C)OC)c2c3cc(ccc31)-c1csc(n1)C[C@H](NC(=O)[C@H](C(C)C)N(C)C(=O)N1CC(N)(C#N)C1)C(=O)N1CCC[C@H](N1)C(=O)OCC(C)(C)C2.S.S.S.S. The first-order chi connectivity index (χ1) is 29.5. The van der Waals surface area contributed by atoms with Gasteiger partial charge in [0.15, 0.2) is 0 Å². The molecule has 3 aliphatic rings. The van der Waals surface area contributed by atoms with Crippen LogP contribution in [0.3, 0.4) is 0 Å². The van der Waals surface area contributed by atoms with E-state index in [4.69, 9.17) is 25.2 Å². The molecule has 0 saturated carbocycles. The minimum atomic E-state index is -1.13. The molecule has 3 aromatic heterocycles. The number of hydrogen-bond acceptors (Lipinski definition) is 12. The number of hydrazine groups is 1. The second kappa shape index (κ2) is 22.9. The number of cyclic esters (lactones) is 1. The van der Waals surface area contributed by atoms with Crippen LogP contribution in [0.1, 0.15) is 76.8 Å². The third-order valence-corrected chi connectivity index (χ3v) is 13.1. The number of nitrogens with zero attached hydrogens (tertiary/aromatic N) is 7. The van der Waals surface area contributed by atoms with Crippen molar-refractivity contribution in [3.8, 4) is 28.6 Å². The van der Waals surface area contributed by atoms with Crippen LogP contribution in [0.2, 0.25) is 0 Å². The van der Waals surface area contributed by atoms with Crippen molar-refractivity contribution < 1.29 is 28.7 Å². The van der Waals surface area contributed by atoms with Crippen LogP contribution in [-0.2, 0) is 43.2 Å². The van der Waals surface area contributed by atoms with Gasteiger partial charge < -0.3 is 34.9 Å². The lowest BCUT2D eigenvalue weighted by atomic mass is 9.84. The Hall–Kier alpha value is -4.01. The number of urea groups is 1. The summed E-state index contributed by atoms with van der Waals surface area (Å²) >= 11 is 1.39. The van der Waals surface area contributed by atoms with Crippen molar-refractivity contribution >= 4 is 100 Å². The average Bonchev–Trinajstić information content (AvgIpc) is 3.84. The van der Waals surface area contributed by atoms with E-state index in [-0.39, 0.29) is 92.1 Å². The third-order valence-electron chi connectivity index (χ3n) is 12.2. The number of likely N-dealkylation sites (N-methyl/N-ethyl adjacent to an activating group) is 1. The lowest BCUT2D eigenvalue weighted by molar-refractivity contribution is -0.155. The maximum Gasteiger partial charge on any atom is 0.324 e. The van der Waals surface area contributed by atoms with E-state index in [9.17, 15) is 24.4 Å². The molecule has 2 saturated heterocycles. The van der Waals surface area contributed by atoms with Gasteiger partial charge in [0.1, 0.15) is 23.7 Å². The molecule has 4 aromatic rings. The van der Waals surface area contributed by atoms with Crippen LogP contribution in [0.15, 0.2) is 41.9 Å². The Balaban J connectivity index is 0.00000289. The number of aryl methyl sites for hydroxylation is 1. The quantitative estimate of drug-likeness (QED) is 0.194. The van der Waals surface area contributed by atoms with Gasteiger partial charge in [0, 0.05) is 72.7 Å². The fraction of sp³-hybridized carbons (Fsp3) is 0.533. The molecular weight excluding hydrogens is 937 g/mol. The molecule has 0 spiro atoms. The highest BCUT2D eigenvalue weighted by Gasteiger charge is 2.46. The zero-order chi connectivity index (χ0) is 44.7. The number of aromatic nitrogens is 3. The number of thiazole rings is 1. The molecule has 6 bridgehead atoms. The molecule has 4 amide bonds. The van der Waals surface area contributed by atoms with E-state index < -0.39 is 52.9 Å². The van der Waals surface area contributed by atoms with Crippen molar-refractivity contribution in [3.63, 3.8) is 0 Å². The van der Waals surface area contributed by atoms with Gasteiger partial charge in [0.2, 0.25) is 5.91 Å². The Labute approximate surface area is 419 Å². The smallest absolute Gasteiger partial charge is 0.324 e. The number of esters is 1. The number of nitrogens with one attached hydrogen (secondary N) is 2. The summed E-state index contributed by atoms with van der Waals surface area (Å²) in [5.41, 5.74) is 14.1. The van der Waals surface area contributed by atoms with Gasteiger partial charge in [-0.1, -0.05) is 33.8 Å². The number of pyridine rings is 1. The van der Waals surface area contributed by atoms with Crippen molar-refractivity contribution in [1.29, 1.82) is 5.26 Å². The maximum atomic E-state index is 14.5. The molecule has 4 N–H and O–H groups in total. The predicted molar refractivity (Wildman–Crippen MR) is 277 cm³/mol. The number of methoxy groups -OCH3 is 1. The first-order valence-corrected chi connectivity index (χ1v) is 22.2. The van der Waals surface area contributed by atoms with Gasteiger partial charge in [-0.3, -0.25) is 24.4 Å². The molecule has 0 unspecified atom stereocenters. The summed E-state index contributed by atoms with van der Waals surface area (Å²) in [6.45, 7) is 13.2. The highest BCUT2D eigenvalue weighted by molar-refractivity contribution is 7.59. The van der Waals surface area contributed by atoms with E-state index in [1.165, 1.54) is 33.2 Å². The summed E-state index contributed by atoms with van der Waals surface area (Å²) in [7, 11) is 3.21. The number of rotatable bonds is 8. The number of likely N-dealkylation sites (tertiary alicyclic amines) is 1. The topological polar surface area (TPSA) is 201 Å². The molecule has 0 aliphatic carbocycles. The lowest BCUT2D eigenvalue weighted by Crippen LogP contribution is -2.70. The van der Waals surface area contributed by atoms with Crippen LogP contribution in [0.4, 0.5) is 4.79 Å². The largest absolute Gasteiger partial charge is 0.464 e. The Morgan fingerprint density at radius 1 is 1.15 bits per heavy atom. The Morgan fingerprint density at radius 3 is 2.52 bits per heavy atom. The average molecular weight is 1000 g/mol. The molecule has 21 heteroatoms. The molecule has 7 rings (SSSR count). The number of benzene rings is 1. The van der Waals surface area contributed by atoms with Gasteiger partial charge >= 0.3 is 12.0 Å². The summed E-state index contributed by atoms with van der Waals surface area (Å²) in [5, 5.41) is 17.4. The first kappa shape index (κ1) is 56.3. The number of amides is 4. The Bertz CT molecular complexity index is 2410. The van der Waals surface area contributed by atoms with Crippen LogP contribution >= 0.6 is 65.3 Å². The van der Waals surface area contributed by atoms with Crippen LogP contribution in [0.25, 0.3) is 33.4 Å². The van der Waals surface area contributed by atoms with Crippen molar-refractivity contribution in [2.45, 2.75) is 104 Å². The summed E-state index contributed by atoms with van der Waals surface area (Å²) in [6, 6.07) is 9.12. The minimum Gasteiger partial charge on any atom is -0.464 e. The zero-order valence-corrected chi connectivity index (χ0v) is 43.7. The lowest BCUT2D eigenvalue weighted by Gasteiger charge is -2.45. The number of nitrogens with two attached hydrogens (primary N) is 1. The van der Waals surface area contributed by atoms with E-state index in [0.717, 1.165) is 44.7 Å². The van der Waals surface area contributed by atoms with Crippen molar-refractivity contribution in [2.24, 2.45) is 17.1 Å². The van der Waals surface area contributed by atoms with Crippen molar-refractivity contribution in [1.82, 2.24) is 40.1 Å². The van der Waals surface area contributed by atoms with Crippen molar-refractivity contribution in [3.05, 3.63) is 58.2 Å². The Kier molecular flexibility index (Phi) is 19.5. The number of nitriles is 1. The van der Waals surface area contributed by atoms with Crippen LogP contribution in [-0.4, -0.2) is 117 Å². The van der Waals surface area contributed by atoms with E-state index >= 15 is 0 Å². The highest BCUT2D eigenvalue weighted by atomic mass is 32.1. The fourth-order valence-corrected chi connectivity index (χ4v) is 9.78. The second-order valence-electron chi connectivity index (χ2n) is 18.0. The van der Waals surface area contributed by atoms with Gasteiger partial charge in [0.05, 0.1) is 54.0 Å². The first-order valence-electron chi connectivity index (χ1n) is 21.3. The van der Waals surface area contributed by atoms with E-state index in [2.05, 4.69) is 60.3 Å². The second-order valence-corrected chi connectivity index (χ2v) is 18.9. The van der Waals surface area contributed by atoms with Gasteiger partial charge in [0.25, 0.3) is 5.91 Å². The summed E-state index contributed by atoms with van der Waals surface area (Å²) < 4.78 is 14.2. The molecule has 66 heavy (non-hydrogen) atoms. The zero-order valence-electron chi connectivity index (χ0n) is 38.9. The molecule has 4 atom stereocenters. The van der Waals surface area contributed by atoms with Gasteiger partial charge in [-0.15, -0.1) is 11.3 Å². The van der Waals surface area contributed by atoms with Gasteiger partial charge in [-0.25, -0.2) is 15.2 Å². The van der Waals surface area contributed by atoms with E-state index in [0.29, 0.717) is 37.4 Å². The fourth-order valence-electron chi connectivity index (χ4n) is 8.93. The molecule has 362 valence electrons. The van der Waals surface area contributed by atoms with E-state index in [1.807, 2.05) is 38.3 Å². The number of fused-ring (bicyclic) bond motifs is 6. The molecule has 16 nitrogen and oxygen atoms in total. The number of ether oxygens (including phenoxy) is 2. The molecule has 2 fully saturated rings. The molecule has 3 aliphatic heterocycles. The summed E-state index contributed by atoms with van der Waals surface area (Å²) in [4.78, 5) is 68.7. The van der Waals surface area contributed by atoms with Gasteiger partial charge in [-0.05, 0) is 68.9 Å². The maximum absolute atomic E-state index is 14.5. The van der Waals surface area contributed by atoms with Crippen LogP contribution < -0.4 is 16.5 Å². The normalized spacial score (nSPS) is 19.8. The standard InChI is InChI=1S/C45H58N10O6S.4H2S/c1-9-54-35-15-14-28-18-30(35)31(39(54)29-12-10-16-48-37(29)27(4)60-8)20-44(5,6)25-61-42(58)32-13-11-17-55(51-32)41(57)33(19-36-49-34(28)21-62-36)50-40(56)38(26(2)3)52(7)43(59)53-23-45(47,22-46)24-53;;;;/h10,12,14-16,18,21,26-27,32-33,38,51H,9,11,13,17,19-20,23-25,47H2,1-8H3,(H,50,56);4*1H2/t27-,32-,33-,38-;;;;/m0..../s1. The predicted octanol–water partition coefficient (Wildman–Crippen LogP) is 5.27. The molecule has 0 radical (unpaired) electrons. The third kappa shape index (κ3) is 11.5. The summed E-state index contributed by atoms with van der Waals surface area (Å²) in [6.07, 6.45) is 3.16. The molecular formula is C45H66N10O6S5. The monoisotopic (exact) mass is 1000 g/mol. The van der Waals surface area contributed by atoms with E-state index in [1.54, 1.807) is 13.3 Å².